The van der Waals surface area contributed by atoms with E-state index in [1.807, 2.05) is 0 Å². The molecule has 1 aromatic rings. The smallest absolute Gasteiger partial charge is 0.232 e. The molecule has 0 saturated carbocycles. The van der Waals surface area contributed by atoms with Gasteiger partial charge in [0.2, 0.25) is 5.95 Å². The van der Waals surface area contributed by atoms with Crippen LogP contribution in [0.3, 0.4) is 0 Å². The minimum Gasteiger partial charge on any atom is -0.383 e. The number of aromatic nitrogens is 2. The summed E-state index contributed by atoms with van der Waals surface area (Å²) in [4.78, 5) is 10.9. The number of thiocarbonyl (C=S) groups is 1. The predicted octanol–water partition coefficient (Wildman–Crippen LogP) is 2.30. The quantitative estimate of drug-likeness (QED) is 0.483. The van der Waals surface area contributed by atoms with Crippen molar-refractivity contribution in [2.45, 2.75) is 19.8 Å². The largest absolute Gasteiger partial charge is 0.383 e. The molecule has 2 N–H and O–H groups in total. The topological polar surface area (TPSA) is 62.3 Å². The Labute approximate surface area is 141 Å². The lowest BCUT2D eigenvalue weighted by Crippen LogP contribution is -2.35. The van der Waals surface area contributed by atoms with Crippen LogP contribution in [0.5, 0.6) is 0 Å². The molecule has 6 nitrogen and oxygen atoms in total. The molecule has 1 aliphatic rings. The van der Waals surface area contributed by atoms with Crippen molar-refractivity contribution in [1.82, 2.24) is 15.3 Å². The first-order valence-corrected chi connectivity index (χ1v) is 8.20. The number of ether oxygens (including phenoxy) is 1. The van der Waals surface area contributed by atoms with Crippen molar-refractivity contribution in [1.29, 1.82) is 0 Å². The van der Waals surface area contributed by atoms with Crippen LogP contribution in [0.4, 0.5) is 11.8 Å². The molecule has 1 fully saturated rings. The molecule has 0 radical (unpaired) electrons. The number of halogens is 1. The van der Waals surface area contributed by atoms with Crippen LogP contribution in [0, 0.1) is 5.92 Å². The molecule has 22 heavy (non-hydrogen) atoms. The van der Waals surface area contributed by atoms with Crippen LogP contribution in [0.15, 0.2) is 6.07 Å². The minimum absolute atomic E-state index is 0.408. The third-order valence-electron chi connectivity index (χ3n) is 3.48. The van der Waals surface area contributed by atoms with Gasteiger partial charge in [0.15, 0.2) is 5.11 Å². The van der Waals surface area contributed by atoms with E-state index in [1.165, 1.54) is 12.8 Å². The zero-order valence-electron chi connectivity index (χ0n) is 12.9. The lowest BCUT2D eigenvalue weighted by Gasteiger charge is -2.32. The van der Waals surface area contributed by atoms with Crippen LogP contribution in [0.2, 0.25) is 5.15 Å². The second-order valence-corrected chi connectivity index (χ2v) is 6.24. The molecule has 1 unspecified atom stereocenters. The fraction of sp³-hybridized carbons (Fsp3) is 0.643. The highest BCUT2D eigenvalue weighted by atomic mass is 35.5. The zero-order chi connectivity index (χ0) is 15.9. The molecule has 0 aliphatic carbocycles. The van der Waals surface area contributed by atoms with Gasteiger partial charge in [0.05, 0.1) is 6.61 Å². The third-order valence-corrected chi connectivity index (χ3v) is 3.92. The SMILES string of the molecule is COCCNC(=S)Nc1nc(Cl)cc(N2CCCC(C)C2)n1. The normalized spacial score (nSPS) is 18.1. The van der Waals surface area contributed by atoms with E-state index in [9.17, 15) is 0 Å². The molecule has 1 aliphatic heterocycles. The maximum absolute atomic E-state index is 6.11. The summed E-state index contributed by atoms with van der Waals surface area (Å²) in [5, 5.41) is 6.84. The Morgan fingerprint density at radius 2 is 2.36 bits per heavy atom. The second kappa shape index (κ2) is 8.45. The maximum atomic E-state index is 6.11. The van der Waals surface area contributed by atoms with Gasteiger partial charge in [-0.15, -0.1) is 0 Å². The molecule has 2 heterocycles. The van der Waals surface area contributed by atoms with Gasteiger partial charge in [0.25, 0.3) is 0 Å². The number of piperidine rings is 1. The summed E-state index contributed by atoms with van der Waals surface area (Å²) >= 11 is 11.3. The van der Waals surface area contributed by atoms with Crippen LogP contribution >= 0.6 is 23.8 Å². The third kappa shape index (κ3) is 5.23. The van der Waals surface area contributed by atoms with Gasteiger partial charge in [0.1, 0.15) is 11.0 Å². The Balaban J connectivity index is 2.01. The van der Waals surface area contributed by atoms with Crippen molar-refractivity contribution >= 4 is 40.7 Å². The van der Waals surface area contributed by atoms with Gasteiger partial charge >= 0.3 is 0 Å². The van der Waals surface area contributed by atoms with Crippen LogP contribution in [0.25, 0.3) is 0 Å². The Morgan fingerprint density at radius 3 is 3.09 bits per heavy atom. The molecule has 122 valence electrons. The Morgan fingerprint density at radius 1 is 1.55 bits per heavy atom. The van der Waals surface area contributed by atoms with Gasteiger partial charge in [-0.3, -0.25) is 0 Å². The van der Waals surface area contributed by atoms with Gasteiger partial charge in [-0.05, 0) is 31.0 Å². The standard InChI is InChI=1S/C14H22ClN5OS/c1-10-4-3-6-20(9-10)12-8-11(15)17-13(18-12)19-14(22)16-5-7-21-2/h8,10H,3-7,9H2,1-2H3,(H2,16,17,18,19,22). The van der Waals surface area contributed by atoms with Crippen LogP contribution < -0.4 is 15.5 Å². The highest BCUT2D eigenvalue weighted by molar-refractivity contribution is 7.80. The average Bonchev–Trinajstić information content (AvgIpc) is 2.47. The number of rotatable bonds is 5. The summed E-state index contributed by atoms with van der Waals surface area (Å²) in [6, 6.07) is 1.80. The summed E-state index contributed by atoms with van der Waals surface area (Å²) in [6.07, 6.45) is 2.43. The number of hydrogen-bond acceptors (Lipinski definition) is 5. The molecule has 1 atom stereocenters. The van der Waals surface area contributed by atoms with Crippen molar-refractivity contribution in [3.8, 4) is 0 Å². The number of methoxy groups -OCH3 is 1. The van der Waals surface area contributed by atoms with Crippen LogP contribution in [-0.4, -0.2) is 48.4 Å². The van der Waals surface area contributed by atoms with E-state index in [4.69, 9.17) is 28.6 Å². The number of nitrogens with one attached hydrogen (secondary N) is 2. The number of hydrogen-bond donors (Lipinski definition) is 2. The maximum Gasteiger partial charge on any atom is 0.232 e. The molecule has 0 bridgehead atoms. The fourth-order valence-electron chi connectivity index (χ4n) is 2.43. The highest BCUT2D eigenvalue weighted by Crippen LogP contribution is 2.24. The van der Waals surface area contributed by atoms with E-state index in [1.54, 1.807) is 13.2 Å². The predicted molar refractivity (Wildman–Crippen MR) is 93.8 cm³/mol. The summed E-state index contributed by atoms with van der Waals surface area (Å²) < 4.78 is 4.96. The van der Waals surface area contributed by atoms with E-state index in [2.05, 4.69) is 32.4 Å². The van der Waals surface area contributed by atoms with E-state index in [0.29, 0.717) is 35.3 Å². The summed E-state index contributed by atoms with van der Waals surface area (Å²) in [5.41, 5.74) is 0. The monoisotopic (exact) mass is 343 g/mol. The van der Waals surface area contributed by atoms with Gasteiger partial charge in [0, 0.05) is 32.8 Å². The molecular weight excluding hydrogens is 322 g/mol. The summed E-state index contributed by atoms with van der Waals surface area (Å²) in [6.45, 7) is 5.44. The molecule has 8 heteroatoms. The minimum atomic E-state index is 0.408. The van der Waals surface area contributed by atoms with Crippen molar-refractivity contribution < 1.29 is 4.74 Å². The Kier molecular flexibility index (Phi) is 6.60. The van der Waals surface area contributed by atoms with Gasteiger partial charge in [-0.1, -0.05) is 18.5 Å². The highest BCUT2D eigenvalue weighted by Gasteiger charge is 2.19. The van der Waals surface area contributed by atoms with E-state index >= 15 is 0 Å². The van der Waals surface area contributed by atoms with Gasteiger partial charge < -0.3 is 20.3 Å². The Hall–Kier alpha value is -1.18. The molecule has 1 saturated heterocycles. The van der Waals surface area contributed by atoms with Crippen molar-refractivity contribution in [3.63, 3.8) is 0 Å². The lowest BCUT2D eigenvalue weighted by molar-refractivity contribution is 0.204. The molecular formula is C14H22ClN5OS. The summed E-state index contributed by atoms with van der Waals surface area (Å²) in [7, 11) is 1.64. The second-order valence-electron chi connectivity index (χ2n) is 5.44. The molecule has 0 aromatic carbocycles. The molecule has 1 aromatic heterocycles. The number of nitrogens with zero attached hydrogens (tertiary/aromatic N) is 3. The fourth-order valence-corrected chi connectivity index (χ4v) is 2.80. The van der Waals surface area contributed by atoms with E-state index < -0.39 is 0 Å². The summed E-state index contributed by atoms with van der Waals surface area (Å²) in [5.74, 6) is 1.92. The van der Waals surface area contributed by atoms with E-state index in [0.717, 1.165) is 18.9 Å². The van der Waals surface area contributed by atoms with Gasteiger partial charge in [-0.25, -0.2) is 4.98 Å². The Bertz CT molecular complexity index is 516. The van der Waals surface area contributed by atoms with Crippen LogP contribution in [0.1, 0.15) is 19.8 Å². The van der Waals surface area contributed by atoms with Crippen LogP contribution in [-0.2, 0) is 4.74 Å². The van der Waals surface area contributed by atoms with E-state index in [-0.39, 0.29) is 0 Å². The first kappa shape index (κ1) is 17.2. The van der Waals surface area contributed by atoms with Crippen molar-refractivity contribution in [2.24, 2.45) is 5.92 Å². The average molecular weight is 344 g/mol. The lowest BCUT2D eigenvalue weighted by atomic mass is 10.0. The molecule has 2 rings (SSSR count). The van der Waals surface area contributed by atoms with Gasteiger partial charge in [-0.2, -0.15) is 4.98 Å². The van der Waals surface area contributed by atoms with Crippen molar-refractivity contribution in [3.05, 3.63) is 11.2 Å². The first-order chi connectivity index (χ1) is 10.6. The zero-order valence-corrected chi connectivity index (χ0v) is 14.5. The molecule has 0 amide bonds. The number of anilines is 2. The first-order valence-electron chi connectivity index (χ1n) is 7.42. The molecule has 0 spiro atoms. The van der Waals surface area contributed by atoms with Crippen molar-refractivity contribution in [2.75, 3.05) is 43.6 Å².